The molecule has 0 saturated heterocycles. The molecule has 15 heavy (non-hydrogen) atoms. The predicted molar refractivity (Wildman–Crippen MR) is 65.3 cm³/mol. The topological polar surface area (TPSA) is 12.0 Å². The number of rotatable bonds is 2. The maximum Gasteiger partial charge on any atom is 0.0101 e. The number of aryl methyl sites for hydroxylation is 2. The van der Waals surface area contributed by atoms with E-state index in [0.29, 0.717) is 0 Å². The predicted octanol–water partition coefficient (Wildman–Crippen LogP) is 3.01. The normalized spacial score (nSPS) is 30.0. The molecule has 3 atom stereocenters. The second-order valence-corrected chi connectivity index (χ2v) is 4.96. The molecule has 1 saturated carbocycles. The van der Waals surface area contributed by atoms with Crippen LogP contribution in [-0.4, -0.2) is 13.1 Å². The quantitative estimate of drug-likeness (QED) is 0.779. The van der Waals surface area contributed by atoms with Crippen LogP contribution in [0.25, 0.3) is 0 Å². The number of hydrogen-bond acceptors (Lipinski definition) is 1. The summed E-state index contributed by atoms with van der Waals surface area (Å²) in [5.41, 5.74) is 4.40. The minimum atomic E-state index is 0.718. The standard InChI is InChI=1S/C14H21N/c1-9-5-6-10(2)12(7-9)13-8-14(15-4)11(13)3/h5-7,11,13-15H,8H2,1-4H3. The van der Waals surface area contributed by atoms with Crippen LogP contribution in [-0.2, 0) is 0 Å². The first-order chi connectivity index (χ1) is 7.13. The van der Waals surface area contributed by atoms with E-state index < -0.39 is 0 Å². The van der Waals surface area contributed by atoms with Crippen LogP contribution in [0.5, 0.6) is 0 Å². The molecule has 1 heteroatoms. The van der Waals surface area contributed by atoms with Crippen molar-refractivity contribution >= 4 is 0 Å². The van der Waals surface area contributed by atoms with E-state index in [4.69, 9.17) is 0 Å². The maximum absolute atomic E-state index is 3.38. The first-order valence-electron chi connectivity index (χ1n) is 5.88. The highest BCUT2D eigenvalue weighted by atomic mass is 14.9. The molecule has 0 amide bonds. The molecular weight excluding hydrogens is 182 g/mol. The molecule has 0 aromatic heterocycles. The minimum absolute atomic E-state index is 0.718. The molecule has 2 rings (SSSR count). The molecule has 1 aliphatic carbocycles. The third-order valence-corrected chi connectivity index (χ3v) is 3.98. The zero-order chi connectivity index (χ0) is 11.0. The Hall–Kier alpha value is -0.820. The van der Waals surface area contributed by atoms with E-state index >= 15 is 0 Å². The Balaban J connectivity index is 2.21. The van der Waals surface area contributed by atoms with Crippen LogP contribution in [0.4, 0.5) is 0 Å². The Labute approximate surface area is 92.9 Å². The lowest BCUT2D eigenvalue weighted by Gasteiger charge is -2.43. The Bertz CT molecular complexity index is 356. The van der Waals surface area contributed by atoms with Gasteiger partial charge in [-0.1, -0.05) is 30.7 Å². The zero-order valence-electron chi connectivity index (χ0n) is 10.2. The van der Waals surface area contributed by atoms with Gasteiger partial charge in [-0.15, -0.1) is 0 Å². The van der Waals surface area contributed by atoms with Gasteiger partial charge in [-0.05, 0) is 50.3 Å². The summed E-state index contributed by atoms with van der Waals surface area (Å²) < 4.78 is 0. The van der Waals surface area contributed by atoms with Gasteiger partial charge in [0.2, 0.25) is 0 Å². The molecule has 0 radical (unpaired) electrons. The summed E-state index contributed by atoms with van der Waals surface area (Å²) in [6.07, 6.45) is 1.29. The summed E-state index contributed by atoms with van der Waals surface area (Å²) in [4.78, 5) is 0. The van der Waals surface area contributed by atoms with Crippen molar-refractivity contribution < 1.29 is 0 Å². The van der Waals surface area contributed by atoms with Crippen LogP contribution >= 0.6 is 0 Å². The first-order valence-corrected chi connectivity index (χ1v) is 5.88. The summed E-state index contributed by atoms with van der Waals surface area (Å²) in [6, 6.07) is 7.54. The average Bonchev–Trinajstić information content (AvgIpc) is 2.22. The first kappa shape index (κ1) is 10.7. The molecule has 1 fully saturated rings. The molecule has 0 bridgehead atoms. The van der Waals surface area contributed by atoms with E-state index in [-0.39, 0.29) is 0 Å². The molecular formula is C14H21N. The molecule has 0 heterocycles. The van der Waals surface area contributed by atoms with E-state index in [0.717, 1.165) is 17.9 Å². The summed E-state index contributed by atoms with van der Waals surface area (Å²) in [5, 5.41) is 3.38. The van der Waals surface area contributed by atoms with Gasteiger partial charge in [-0.25, -0.2) is 0 Å². The van der Waals surface area contributed by atoms with Crippen LogP contribution in [0.3, 0.4) is 0 Å². The molecule has 1 aromatic carbocycles. The van der Waals surface area contributed by atoms with Gasteiger partial charge in [-0.2, -0.15) is 0 Å². The Morgan fingerprint density at radius 1 is 1.27 bits per heavy atom. The van der Waals surface area contributed by atoms with E-state index in [1.807, 2.05) is 0 Å². The van der Waals surface area contributed by atoms with Gasteiger partial charge in [0.25, 0.3) is 0 Å². The lowest BCUT2D eigenvalue weighted by atomic mass is 9.66. The van der Waals surface area contributed by atoms with E-state index in [9.17, 15) is 0 Å². The highest BCUT2D eigenvalue weighted by Crippen LogP contribution is 2.43. The van der Waals surface area contributed by atoms with Gasteiger partial charge in [0, 0.05) is 6.04 Å². The minimum Gasteiger partial charge on any atom is -0.317 e. The summed E-state index contributed by atoms with van der Waals surface area (Å²) in [6.45, 7) is 6.77. The van der Waals surface area contributed by atoms with Crippen molar-refractivity contribution in [3.8, 4) is 0 Å². The van der Waals surface area contributed by atoms with Gasteiger partial charge in [-0.3, -0.25) is 0 Å². The van der Waals surface area contributed by atoms with Gasteiger partial charge < -0.3 is 5.32 Å². The van der Waals surface area contributed by atoms with Crippen LogP contribution in [0.15, 0.2) is 18.2 Å². The SMILES string of the molecule is CNC1CC(c2cc(C)ccc2C)C1C. The van der Waals surface area contributed by atoms with Crippen molar-refractivity contribution in [3.05, 3.63) is 34.9 Å². The van der Waals surface area contributed by atoms with Crippen LogP contribution in [0.1, 0.15) is 36.0 Å². The van der Waals surface area contributed by atoms with E-state index in [1.54, 1.807) is 5.56 Å². The van der Waals surface area contributed by atoms with Crippen LogP contribution in [0.2, 0.25) is 0 Å². The maximum atomic E-state index is 3.38. The fourth-order valence-electron chi connectivity index (χ4n) is 2.74. The van der Waals surface area contributed by atoms with E-state index in [1.165, 1.54) is 17.5 Å². The second kappa shape index (κ2) is 3.97. The van der Waals surface area contributed by atoms with Crippen molar-refractivity contribution in [2.75, 3.05) is 7.05 Å². The molecule has 82 valence electrons. The molecule has 1 aromatic rings. The Morgan fingerprint density at radius 2 is 2.00 bits per heavy atom. The highest BCUT2D eigenvalue weighted by Gasteiger charge is 2.37. The third-order valence-electron chi connectivity index (χ3n) is 3.98. The van der Waals surface area contributed by atoms with Crippen molar-refractivity contribution in [3.63, 3.8) is 0 Å². The highest BCUT2D eigenvalue weighted by molar-refractivity contribution is 5.35. The Morgan fingerprint density at radius 3 is 2.60 bits per heavy atom. The summed E-state index contributed by atoms with van der Waals surface area (Å²) in [7, 11) is 2.07. The fourth-order valence-corrected chi connectivity index (χ4v) is 2.74. The fraction of sp³-hybridized carbons (Fsp3) is 0.571. The molecule has 0 spiro atoms. The summed E-state index contributed by atoms with van der Waals surface area (Å²) in [5.74, 6) is 1.54. The average molecular weight is 203 g/mol. The van der Waals surface area contributed by atoms with E-state index in [2.05, 4.69) is 51.3 Å². The molecule has 0 aliphatic heterocycles. The monoisotopic (exact) mass is 203 g/mol. The Kier molecular flexibility index (Phi) is 2.83. The molecule has 1 N–H and O–H groups in total. The van der Waals surface area contributed by atoms with Gasteiger partial charge in [0.1, 0.15) is 0 Å². The van der Waals surface area contributed by atoms with Crippen molar-refractivity contribution in [2.45, 2.75) is 39.2 Å². The molecule has 1 aliphatic rings. The van der Waals surface area contributed by atoms with Crippen molar-refractivity contribution in [1.82, 2.24) is 5.32 Å². The molecule has 3 unspecified atom stereocenters. The third kappa shape index (κ3) is 1.81. The number of benzene rings is 1. The number of nitrogens with one attached hydrogen (secondary N) is 1. The van der Waals surface area contributed by atoms with Crippen molar-refractivity contribution in [1.29, 1.82) is 0 Å². The largest absolute Gasteiger partial charge is 0.317 e. The molecule has 1 nitrogen and oxygen atoms in total. The lowest BCUT2D eigenvalue weighted by molar-refractivity contribution is 0.193. The second-order valence-electron chi connectivity index (χ2n) is 4.96. The van der Waals surface area contributed by atoms with Crippen LogP contribution in [0, 0.1) is 19.8 Å². The smallest absolute Gasteiger partial charge is 0.0101 e. The summed E-state index contributed by atoms with van der Waals surface area (Å²) >= 11 is 0. The zero-order valence-corrected chi connectivity index (χ0v) is 10.2. The van der Waals surface area contributed by atoms with Gasteiger partial charge in [0.05, 0.1) is 0 Å². The van der Waals surface area contributed by atoms with Gasteiger partial charge in [0.15, 0.2) is 0 Å². The van der Waals surface area contributed by atoms with Gasteiger partial charge >= 0.3 is 0 Å². The lowest BCUT2D eigenvalue weighted by Crippen LogP contribution is -2.46. The van der Waals surface area contributed by atoms with Crippen molar-refractivity contribution in [2.24, 2.45) is 5.92 Å². The number of hydrogen-bond donors (Lipinski definition) is 1. The van der Waals surface area contributed by atoms with Crippen LogP contribution < -0.4 is 5.32 Å².